The summed E-state index contributed by atoms with van der Waals surface area (Å²) in [4.78, 5) is 7.85. The van der Waals surface area contributed by atoms with E-state index in [0.29, 0.717) is 11.7 Å². The van der Waals surface area contributed by atoms with Crippen molar-refractivity contribution in [1.82, 2.24) is 4.98 Å². The molecule has 104 valence electrons. The highest BCUT2D eigenvalue weighted by molar-refractivity contribution is 7.09. The second-order valence-electron chi connectivity index (χ2n) is 4.79. The van der Waals surface area contributed by atoms with Gasteiger partial charge in [-0.15, -0.1) is 11.3 Å². The Bertz CT molecular complexity index is 607. The number of nitrogens with two attached hydrogens (primary N) is 1. The van der Waals surface area contributed by atoms with Gasteiger partial charge in [-0.25, -0.2) is 0 Å². The van der Waals surface area contributed by atoms with E-state index < -0.39 is 0 Å². The van der Waals surface area contributed by atoms with Crippen LogP contribution in [0.1, 0.15) is 23.4 Å². The summed E-state index contributed by atoms with van der Waals surface area (Å²) >= 11 is 1.74. The van der Waals surface area contributed by atoms with Gasteiger partial charge in [0.15, 0.2) is 5.84 Å². The number of hydrogen-bond donors (Lipinski definition) is 2. The number of pyridine rings is 1. The lowest BCUT2D eigenvalue weighted by molar-refractivity contribution is 0.318. The van der Waals surface area contributed by atoms with Crippen LogP contribution in [-0.2, 0) is 6.54 Å². The van der Waals surface area contributed by atoms with E-state index in [1.807, 2.05) is 12.1 Å². The van der Waals surface area contributed by atoms with Crippen molar-refractivity contribution in [3.8, 4) is 0 Å². The quantitative estimate of drug-likeness (QED) is 0.383. The summed E-state index contributed by atoms with van der Waals surface area (Å²) in [6.45, 7) is 0.833. The summed E-state index contributed by atoms with van der Waals surface area (Å²) in [6.07, 6.45) is 4.01. The van der Waals surface area contributed by atoms with Crippen LogP contribution in [-0.4, -0.2) is 22.1 Å². The molecule has 2 aromatic rings. The maximum absolute atomic E-state index is 8.91. The standard InChI is InChI=1S/C14H16N4OS/c15-14(17-19)13-12(4-1-7-16-13)18(10-5-6-10)9-11-3-2-8-20-11/h1-4,7-8,10,19H,5-6,9H2,(H2,15,17). The average Bonchev–Trinajstić information content (AvgIpc) is 3.20. The van der Waals surface area contributed by atoms with Gasteiger partial charge in [0.1, 0.15) is 5.69 Å². The van der Waals surface area contributed by atoms with Crippen LogP contribution in [0.2, 0.25) is 0 Å². The predicted octanol–water partition coefficient (Wildman–Crippen LogP) is 2.41. The first-order valence-electron chi connectivity index (χ1n) is 6.51. The normalized spacial score (nSPS) is 15.3. The summed E-state index contributed by atoms with van der Waals surface area (Å²) in [7, 11) is 0. The van der Waals surface area contributed by atoms with Gasteiger partial charge < -0.3 is 15.8 Å². The van der Waals surface area contributed by atoms with Crippen molar-refractivity contribution in [3.63, 3.8) is 0 Å². The van der Waals surface area contributed by atoms with Crippen LogP contribution in [0.3, 0.4) is 0 Å². The third-order valence-electron chi connectivity index (χ3n) is 3.34. The largest absolute Gasteiger partial charge is 0.409 e. The third kappa shape index (κ3) is 2.60. The summed E-state index contributed by atoms with van der Waals surface area (Å²) < 4.78 is 0. The van der Waals surface area contributed by atoms with Crippen LogP contribution >= 0.6 is 11.3 Å². The summed E-state index contributed by atoms with van der Waals surface area (Å²) in [5.74, 6) is 0.0532. The van der Waals surface area contributed by atoms with Crippen LogP contribution in [0.5, 0.6) is 0 Å². The van der Waals surface area contributed by atoms with Crippen molar-refractivity contribution < 1.29 is 5.21 Å². The van der Waals surface area contributed by atoms with Gasteiger partial charge >= 0.3 is 0 Å². The van der Waals surface area contributed by atoms with Gasteiger partial charge in [0.05, 0.1) is 12.2 Å². The van der Waals surface area contributed by atoms with Crippen molar-refractivity contribution in [2.75, 3.05) is 4.90 Å². The van der Waals surface area contributed by atoms with E-state index in [1.165, 1.54) is 17.7 Å². The molecular weight excluding hydrogens is 272 g/mol. The van der Waals surface area contributed by atoms with Crippen molar-refractivity contribution in [3.05, 3.63) is 46.4 Å². The molecule has 2 heterocycles. The molecule has 3 N–H and O–H groups in total. The monoisotopic (exact) mass is 288 g/mol. The Morgan fingerprint density at radius 1 is 1.45 bits per heavy atom. The number of anilines is 1. The minimum atomic E-state index is 0.0532. The lowest BCUT2D eigenvalue weighted by atomic mass is 10.2. The van der Waals surface area contributed by atoms with E-state index in [9.17, 15) is 0 Å². The summed E-state index contributed by atoms with van der Waals surface area (Å²) in [6, 6.07) is 8.56. The molecule has 3 rings (SSSR count). The molecule has 0 atom stereocenters. The second-order valence-corrected chi connectivity index (χ2v) is 5.83. The molecule has 0 radical (unpaired) electrons. The van der Waals surface area contributed by atoms with Gasteiger partial charge in [0, 0.05) is 17.1 Å². The molecule has 1 fully saturated rings. The molecular formula is C14H16N4OS. The van der Waals surface area contributed by atoms with E-state index >= 15 is 0 Å². The number of amidine groups is 1. The van der Waals surface area contributed by atoms with Crippen LogP contribution in [0.15, 0.2) is 41.0 Å². The molecule has 1 aliphatic rings. The molecule has 0 aromatic carbocycles. The Kier molecular flexibility index (Phi) is 3.56. The highest BCUT2D eigenvalue weighted by Crippen LogP contribution is 2.34. The minimum Gasteiger partial charge on any atom is -0.409 e. The Morgan fingerprint density at radius 3 is 2.95 bits per heavy atom. The van der Waals surface area contributed by atoms with E-state index in [-0.39, 0.29) is 5.84 Å². The fraction of sp³-hybridized carbons (Fsp3) is 0.286. The lowest BCUT2D eigenvalue weighted by Gasteiger charge is -2.25. The lowest BCUT2D eigenvalue weighted by Crippen LogP contribution is -2.28. The first-order chi connectivity index (χ1) is 9.79. The van der Waals surface area contributed by atoms with Gasteiger partial charge in [0.25, 0.3) is 0 Å². The minimum absolute atomic E-state index is 0.0532. The zero-order valence-corrected chi connectivity index (χ0v) is 11.8. The highest BCUT2D eigenvalue weighted by atomic mass is 32.1. The van der Waals surface area contributed by atoms with Crippen LogP contribution in [0.25, 0.3) is 0 Å². The third-order valence-corrected chi connectivity index (χ3v) is 4.20. The molecule has 6 heteroatoms. The molecule has 0 bridgehead atoms. The molecule has 2 aromatic heterocycles. The maximum atomic E-state index is 8.91. The summed E-state index contributed by atoms with van der Waals surface area (Å²) in [5, 5.41) is 14.1. The smallest absolute Gasteiger partial charge is 0.190 e. The molecule has 0 aliphatic heterocycles. The van der Waals surface area contributed by atoms with E-state index in [4.69, 9.17) is 10.9 Å². The summed E-state index contributed by atoms with van der Waals surface area (Å²) in [5.41, 5.74) is 7.21. The topological polar surface area (TPSA) is 74.7 Å². The number of aromatic nitrogens is 1. The van der Waals surface area contributed by atoms with E-state index in [2.05, 4.69) is 32.6 Å². The number of oxime groups is 1. The molecule has 0 saturated heterocycles. The predicted molar refractivity (Wildman–Crippen MR) is 80.3 cm³/mol. The number of nitrogens with zero attached hydrogens (tertiary/aromatic N) is 3. The van der Waals surface area contributed by atoms with Gasteiger partial charge in [-0.2, -0.15) is 0 Å². The van der Waals surface area contributed by atoms with Crippen molar-refractivity contribution in [1.29, 1.82) is 0 Å². The Labute approximate surface area is 121 Å². The SMILES string of the molecule is N/C(=N/O)c1ncccc1N(Cc1cccs1)C1CC1. The molecule has 1 saturated carbocycles. The molecule has 1 aliphatic carbocycles. The molecule has 0 spiro atoms. The van der Waals surface area contributed by atoms with E-state index in [1.54, 1.807) is 17.5 Å². The van der Waals surface area contributed by atoms with Crippen molar-refractivity contribution in [2.45, 2.75) is 25.4 Å². The van der Waals surface area contributed by atoms with Crippen LogP contribution < -0.4 is 10.6 Å². The number of thiophene rings is 1. The molecule has 0 amide bonds. The molecule has 0 unspecified atom stereocenters. The zero-order chi connectivity index (χ0) is 13.9. The molecule has 20 heavy (non-hydrogen) atoms. The Balaban J connectivity index is 1.95. The molecule has 5 nitrogen and oxygen atoms in total. The Morgan fingerprint density at radius 2 is 2.30 bits per heavy atom. The van der Waals surface area contributed by atoms with Crippen molar-refractivity contribution >= 4 is 22.9 Å². The number of hydrogen-bond acceptors (Lipinski definition) is 5. The van der Waals surface area contributed by atoms with Gasteiger partial charge in [0.2, 0.25) is 0 Å². The van der Waals surface area contributed by atoms with E-state index in [0.717, 1.165) is 12.2 Å². The first-order valence-corrected chi connectivity index (χ1v) is 7.39. The van der Waals surface area contributed by atoms with Gasteiger partial charge in [-0.05, 0) is 36.4 Å². The van der Waals surface area contributed by atoms with Gasteiger partial charge in [-0.3, -0.25) is 4.98 Å². The fourth-order valence-corrected chi connectivity index (χ4v) is 2.94. The number of rotatable bonds is 5. The second kappa shape index (κ2) is 5.50. The van der Waals surface area contributed by atoms with Crippen LogP contribution in [0, 0.1) is 0 Å². The Hall–Kier alpha value is -2.08. The van der Waals surface area contributed by atoms with Crippen molar-refractivity contribution in [2.24, 2.45) is 10.9 Å². The maximum Gasteiger partial charge on any atom is 0.190 e. The van der Waals surface area contributed by atoms with Gasteiger partial charge in [-0.1, -0.05) is 11.2 Å². The van der Waals surface area contributed by atoms with Crippen LogP contribution in [0.4, 0.5) is 5.69 Å². The zero-order valence-electron chi connectivity index (χ0n) is 10.9. The first kappa shape index (κ1) is 12.9. The fourth-order valence-electron chi connectivity index (χ4n) is 2.24. The average molecular weight is 288 g/mol. The highest BCUT2D eigenvalue weighted by Gasteiger charge is 2.31.